The molecule has 0 bridgehead atoms. The van der Waals surface area contributed by atoms with E-state index >= 15 is 0 Å². The van der Waals surface area contributed by atoms with Gasteiger partial charge in [-0.3, -0.25) is 4.79 Å². The van der Waals surface area contributed by atoms with Gasteiger partial charge in [0.2, 0.25) is 0 Å². The molecule has 49 heavy (non-hydrogen) atoms. The van der Waals surface area contributed by atoms with E-state index < -0.39 is 17.5 Å². The number of carbonyl (C=O) groups excluding carboxylic acids is 1. The van der Waals surface area contributed by atoms with Crippen molar-refractivity contribution in [3.63, 3.8) is 0 Å². The van der Waals surface area contributed by atoms with Gasteiger partial charge < -0.3 is 29.2 Å². The van der Waals surface area contributed by atoms with Gasteiger partial charge in [-0.15, -0.1) is 0 Å². The number of nitrogens with one attached hydrogen (secondary N) is 2. The number of rotatable bonds is 11. The second-order valence-electron chi connectivity index (χ2n) is 11.6. The van der Waals surface area contributed by atoms with Crippen molar-refractivity contribution in [1.82, 2.24) is 19.5 Å². The summed E-state index contributed by atoms with van der Waals surface area (Å²) < 4.78 is 25.9. The van der Waals surface area contributed by atoms with Crippen LogP contribution in [0.25, 0.3) is 11.2 Å². The van der Waals surface area contributed by atoms with Crippen LogP contribution in [0.4, 0.5) is 5.82 Å². The Bertz CT molecular complexity index is 2050. The maximum Gasteiger partial charge on any atom is 0.329 e. The molecular formula is C38H35N5O6. The highest BCUT2D eigenvalue weighted by atomic mass is 16.6. The van der Waals surface area contributed by atoms with Crippen molar-refractivity contribution < 1.29 is 23.7 Å². The van der Waals surface area contributed by atoms with Crippen molar-refractivity contribution in [2.24, 2.45) is 0 Å². The SMILES string of the molecule is COc1ccc(C(OC[C@H]2CC[C@H](n3c(=O)[nH]c4c(NC(=O)c5ccccc5)ncnc43)O2)(c2ccccc2)c2ccc(OC)cc2)cc1. The number of hydrogen-bond donors (Lipinski definition) is 2. The van der Waals surface area contributed by atoms with E-state index in [-0.39, 0.29) is 24.4 Å². The van der Waals surface area contributed by atoms with E-state index in [0.29, 0.717) is 29.6 Å². The molecule has 248 valence electrons. The Morgan fingerprint density at radius 2 is 1.43 bits per heavy atom. The number of fused-ring (bicyclic) bond motifs is 1. The van der Waals surface area contributed by atoms with Gasteiger partial charge in [-0.2, -0.15) is 0 Å². The highest BCUT2D eigenvalue weighted by Gasteiger charge is 2.40. The van der Waals surface area contributed by atoms with Gasteiger partial charge in [0.1, 0.15) is 35.2 Å². The van der Waals surface area contributed by atoms with Crippen molar-refractivity contribution in [3.8, 4) is 11.5 Å². The number of aromatic nitrogens is 4. The number of nitrogens with zero attached hydrogens (tertiary/aromatic N) is 3. The first-order chi connectivity index (χ1) is 24.0. The molecule has 2 N–H and O–H groups in total. The first-order valence-corrected chi connectivity index (χ1v) is 16.0. The molecule has 1 aliphatic heterocycles. The predicted octanol–water partition coefficient (Wildman–Crippen LogP) is 6.08. The minimum Gasteiger partial charge on any atom is -0.497 e. The van der Waals surface area contributed by atoms with Gasteiger partial charge in [0.05, 0.1) is 26.9 Å². The monoisotopic (exact) mass is 657 g/mol. The molecule has 0 unspecified atom stereocenters. The molecule has 0 saturated carbocycles. The van der Waals surface area contributed by atoms with E-state index in [0.717, 1.165) is 28.2 Å². The minimum atomic E-state index is -1.00. The fourth-order valence-corrected chi connectivity index (χ4v) is 6.36. The van der Waals surface area contributed by atoms with E-state index in [1.807, 2.05) is 84.9 Å². The van der Waals surface area contributed by atoms with Gasteiger partial charge >= 0.3 is 5.69 Å². The summed E-state index contributed by atoms with van der Waals surface area (Å²) >= 11 is 0. The summed E-state index contributed by atoms with van der Waals surface area (Å²) in [6.45, 7) is 0.230. The molecule has 7 rings (SSSR count). The molecule has 1 aliphatic rings. The van der Waals surface area contributed by atoms with Crippen LogP contribution in [0.5, 0.6) is 11.5 Å². The highest BCUT2D eigenvalue weighted by Crippen LogP contribution is 2.43. The lowest BCUT2D eigenvalue weighted by molar-refractivity contribution is -0.0762. The fourth-order valence-electron chi connectivity index (χ4n) is 6.36. The summed E-state index contributed by atoms with van der Waals surface area (Å²) in [4.78, 5) is 37.6. The molecule has 0 spiro atoms. The number of H-pyrrole nitrogens is 1. The third-order valence-electron chi connectivity index (χ3n) is 8.81. The molecule has 3 heterocycles. The van der Waals surface area contributed by atoms with Gasteiger partial charge in [0, 0.05) is 5.56 Å². The number of imidazole rings is 1. The normalized spacial score (nSPS) is 16.0. The van der Waals surface area contributed by atoms with Gasteiger partial charge in [-0.1, -0.05) is 72.8 Å². The summed E-state index contributed by atoms with van der Waals surface area (Å²) in [6, 6.07) is 34.5. The van der Waals surface area contributed by atoms with Crippen molar-refractivity contribution in [2.45, 2.75) is 30.8 Å². The lowest BCUT2D eigenvalue weighted by Crippen LogP contribution is -2.36. The molecule has 1 amide bonds. The topological polar surface area (TPSA) is 130 Å². The Morgan fingerprint density at radius 1 is 0.837 bits per heavy atom. The average molecular weight is 658 g/mol. The molecule has 0 aliphatic carbocycles. The van der Waals surface area contributed by atoms with Crippen LogP contribution < -0.4 is 20.5 Å². The zero-order valence-electron chi connectivity index (χ0n) is 27.0. The van der Waals surface area contributed by atoms with Crippen LogP contribution in [-0.2, 0) is 15.1 Å². The summed E-state index contributed by atoms with van der Waals surface area (Å²) in [7, 11) is 3.28. The number of benzene rings is 4. The second kappa shape index (κ2) is 13.8. The van der Waals surface area contributed by atoms with Crippen molar-refractivity contribution >= 4 is 22.9 Å². The molecule has 11 nitrogen and oxygen atoms in total. The smallest absolute Gasteiger partial charge is 0.329 e. The van der Waals surface area contributed by atoms with Crippen molar-refractivity contribution in [3.05, 3.63) is 148 Å². The number of amides is 1. The summed E-state index contributed by atoms with van der Waals surface area (Å²) in [5.74, 6) is 1.33. The molecule has 4 aromatic carbocycles. The van der Waals surface area contributed by atoms with Gasteiger partial charge in [-0.05, 0) is 65.9 Å². The highest BCUT2D eigenvalue weighted by molar-refractivity contribution is 6.06. The lowest BCUT2D eigenvalue weighted by atomic mass is 9.80. The summed E-state index contributed by atoms with van der Waals surface area (Å²) in [5, 5.41) is 2.79. The summed E-state index contributed by atoms with van der Waals surface area (Å²) in [5.41, 5.74) is 2.48. The maximum atomic E-state index is 13.3. The first kappa shape index (κ1) is 31.8. The third-order valence-corrected chi connectivity index (χ3v) is 8.81. The van der Waals surface area contributed by atoms with Crippen LogP contribution >= 0.6 is 0 Å². The molecule has 1 saturated heterocycles. The van der Waals surface area contributed by atoms with Crippen LogP contribution in [0.3, 0.4) is 0 Å². The van der Waals surface area contributed by atoms with E-state index in [2.05, 4.69) is 20.3 Å². The Labute approximate surface area is 282 Å². The van der Waals surface area contributed by atoms with Crippen molar-refractivity contribution in [2.75, 3.05) is 26.1 Å². The van der Waals surface area contributed by atoms with Crippen LogP contribution in [0.2, 0.25) is 0 Å². The second-order valence-corrected chi connectivity index (χ2v) is 11.6. The molecule has 2 atom stereocenters. The van der Waals surface area contributed by atoms with E-state index in [1.54, 1.807) is 38.5 Å². The zero-order valence-corrected chi connectivity index (χ0v) is 27.0. The third kappa shape index (κ3) is 6.17. The van der Waals surface area contributed by atoms with Crippen LogP contribution in [-0.4, -0.2) is 52.4 Å². The van der Waals surface area contributed by atoms with Crippen molar-refractivity contribution in [1.29, 1.82) is 0 Å². The Balaban J connectivity index is 1.18. The Kier molecular flexibility index (Phi) is 8.93. The number of ether oxygens (including phenoxy) is 4. The number of carbonyl (C=O) groups is 1. The Hall–Kier alpha value is -5.78. The molecule has 0 radical (unpaired) electrons. The van der Waals surface area contributed by atoms with E-state index in [1.165, 1.54) is 10.9 Å². The Morgan fingerprint density at radius 3 is 2.04 bits per heavy atom. The largest absolute Gasteiger partial charge is 0.497 e. The van der Waals surface area contributed by atoms with E-state index in [4.69, 9.17) is 18.9 Å². The van der Waals surface area contributed by atoms with Gasteiger partial charge in [0.25, 0.3) is 5.91 Å². The van der Waals surface area contributed by atoms with Crippen LogP contribution in [0, 0.1) is 0 Å². The molecule has 2 aromatic heterocycles. The van der Waals surface area contributed by atoms with Gasteiger partial charge in [-0.25, -0.2) is 19.3 Å². The molecular weight excluding hydrogens is 622 g/mol. The van der Waals surface area contributed by atoms with E-state index in [9.17, 15) is 9.59 Å². The molecule has 6 aromatic rings. The predicted molar refractivity (Wildman–Crippen MR) is 184 cm³/mol. The first-order valence-electron chi connectivity index (χ1n) is 16.0. The zero-order chi connectivity index (χ0) is 33.8. The standard InChI is InChI=1S/C38H35N5O6/c1-46-29-17-13-27(14-18-29)38(26-11-7-4-8-12-26,28-15-19-30(47-2)20-16-28)48-23-31-21-22-32(49-31)43-35-33(41-37(43)45)34(39-24-40-35)42-36(44)25-9-5-3-6-10-25/h3-20,24,31-32H,21-23H2,1-2H3,(H,41,45)(H,39,40,42,44)/t31-,32-/m1/s1. The number of methoxy groups -OCH3 is 2. The maximum absolute atomic E-state index is 13.3. The lowest BCUT2D eigenvalue weighted by Gasteiger charge is -2.37. The van der Waals surface area contributed by atoms with Gasteiger partial charge in [0.15, 0.2) is 11.5 Å². The average Bonchev–Trinajstić information content (AvgIpc) is 3.76. The fraction of sp³-hybridized carbons (Fsp3) is 0.211. The quantitative estimate of drug-likeness (QED) is 0.161. The van der Waals surface area contributed by atoms with Crippen LogP contribution in [0.1, 0.15) is 46.1 Å². The van der Waals surface area contributed by atoms with Crippen LogP contribution in [0.15, 0.2) is 120 Å². The molecule has 11 heteroatoms. The number of hydrogen-bond acceptors (Lipinski definition) is 8. The minimum absolute atomic E-state index is 0.208. The molecule has 1 fully saturated rings. The summed E-state index contributed by atoms with van der Waals surface area (Å²) in [6.07, 6.45) is 1.58. The number of aromatic amines is 1. The number of anilines is 1.